The van der Waals surface area contributed by atoms with Gasteiger partial charge < -0.3 is 27.0 Å². The maximum absolute atomic E-state index is 14.6. The standard InChI is InChI=1S/C33H45FN2O2S.BrH/c1-3-4-5-6-7-8-9-10-11-12-13-16-21-38-32-20-19-28(22-30(32)34)23-33(37)35-31-18-15-14-17-29(31)25-36-24-27(2)39-26-36;/h14-15,17-20,22,24,26H,3-13,16,21,23,25H2,1-2H3;1H. The van der Waals surface area contributed by atoms with Gasteiger partial charge in [-0.1, -0.05) is 113 Å². The molecular formula is C33H46BrFN2O2S. The summed E-state index contributed by atoms with van der Waals surface area (Å²) in [6.07, 6.45) is 17.6. The van der Waals surface area contributed by atoms with Gasteiger partial charge in [0.15, 0.2) is 24.3 Å². The number of carbonyl (C=O) groups is 1. The maximum Gasteiger partial charge on any atom is 0.228 e. The van der Waals surface area contributed by atoms with Crippen LogP contribution in [0.2, 0.25) is 0 Å². The summed E-state index contributed by atoms with van der Waals surface area (Å²) in [7, 11) is 0. The van der Waals surface area contributed by atoms with Gasteiger partial charge in [-0.25, -0.2) is 4.39 Å². The number of amides is 1. The van der Waals surface area contributed by atoms with Crippen LogP contribution in [0.3, 0.4) is 0 Å². The summed E-state index contributed by atoms with van der Waals surface area (Å²) in [4.78, 5) is 14.0. The first kappa shape index (κ1) is 34.0. The van der Waals surface area contributed by atoms with E-state index in [0.717, 1.165) is 24.1 Å². The predicted molar refractivity (Wildman–Crippen MR) is 160 cm³/mol. The van der Waals surface area contributed by atoms with Crippen LogP contribution in [0.1, 0.15) is 100.0 Å². The fourth-order valence-electron chi connectivity index (χ4n) is 4.78. The van der Waals surface area contributed by atoms with Crippen LogP contribution in [0.4, 0.5) is 10.1 Å². The SMILES string of the molecule is CCCCCCCCCCCCCCOc1ccc(CC(=O)Nc2ccccc2C[n+]2csc(C)c2)cc1F.[Br-]. The molecule has 0 atom stereocenters. The van der Waals surface area contributed by atoms with E-state index in [4.69, 9.17) is 4.74 Å². The normalized spacial score (nSPS) is 10.8. The van der Waals surface area contributed by atoms with Crippen LogP contribution in [0.25, 0.3) is 0 Å². The van der Waals surface area contributed by atoms with Gasteiger partial charge in [0.05, 0.1) is 23.6 Å². The molecule has 3 aromatic rings. The first-order chi connectivity index (χ1) is 19.0. The van der Waals surface area contributed by atoms with Crippen molar-refractivity contribution >= 4 is 22.9 Å². The molecule has 0 aliphatic heterocycles. The molecule has 0 saturated carbocycles. The van der Waals surface area contributed by atoms with Crippen LogP contribution in [0.15, 0.2) is 54.2 Å². The molecule has 40 heavy (non-hydrogen) atoms. The Morgan fingerprint density at radius 2 is 1.57 bits per heavy atom. The fourth-order valence-corrected chi connectivity index (χ4v) is 5.41. The Kier molecular flexibility index (Phi) is 16.8. The van der Waals surface area contributed by atoms with Gasteiger partial charge in [0.1, 0.15) is 0 Å². The first-order valence-electron chi connectivity index (χ1n) is 14.8. The molecule has 0 aliphatic rings. The third-order valence-corrected chi connectivity index (χ3v) is 7.84. The topological polar surface area (TPSA) is 42.2 Å². The zero-order valence-corrected chi connectivity index (χ0v) is 26.6. The predicted octanol–water partition coefficient (Wildman–Crippen LogP) is 5.80. The zero-order valence-electron chi connectivity index (χ0n) is 24.2. The van der Waals surface area contributed by atoms with E-state index < -0.39 is 5.82 Å². The van der Waals surface area contributed by atoms with E-state index in [9.17, 15) is 9.18 Å². The van der Waals surface area contributed by atoms with Crippen LogP contribution >= 0.6 is 11.3 Å². The van der Waals surface area contributed by atoms with Crippen molar-refractivity contribution in [3.05, 3.63) is 76.0 Å². The lowest BCUT2D eigenvalue weighted by Crippen LogP contribution is -3.00. The van der Waals surface area contributed by atoms with Crippen molar-refractivity contribution in [3.63, 3.8) is 0 Å². The highest BCUT2D eigenvalue weighted by atomic mass is 79.9. The molecule has 2 aromatic carbocycles. The molecule has 1 N–H and O–H groups in total. The molecule has 1 heterocycles. The largest absolute Gasteiger partial charge is 1.00 e. The second-order valence-corrected chi connectivity index (χ2v) is 11.6. The van der Waals surface area contributed by atoms with Gasteiger partial charge >= 0.3 is 0 Å². The zero-order chi connectivity index (χ0) is 27.7. The van der Waals surface area contributed by atoms with E-state index in [-0.39, 0.29) is 35.1 Å². The van der Waals surface area contributed by atoms with E-state index in [1.54, 1.807) is 23.5 Å². The highest BCUT2D eigenvalue weighted by Gasteiger charge is 2.13. The van der Waals surface area contributed by atoms with Crippen molar-refractivity contribution in [2.24, 2.45) is 0 Å². The second-order valence-electron chi connectivity index (χ2n) is 10.5. The molecule has 4 nitrogen and oxygen atoms in total. The summed E-state index contributed by atoms with van der Waals surface area (Å²) in [5, 5.41) is 3.00. The Balaban J connectivity index is 0.00000560. The number of benzene rings is 2. The van der Waals surface area contributed by atoms with Crippen LogP contribution in [0.5, 0.6) is 5.75 Å². The van der Waals surface area contributed by atoms with Crippen LogP contribution < -0.4 is 31.6 Å². The van der Waals surface area contributed by atoms with Gasteiger partial charge in [-0.2, -0.15) is 4.57 Å². The van der Waals surface area contributed by atoms with Crippen molar-refractivity contribution < 1.29 is 35.5 Å². The number of hydrogen-bond acceptors (Lipinski definition) is 3. The Hall–Kier alpha value is -2.25. The average Bonchev–Trinajstić information content (AvgIpc) is 3.33. The van der Waals surface area contributed by atoms with Crippen molar-refractivity contribution in [3.8, 4) is 5.75 Å². The summed E-state index contributed by atoms with van der Waals surface area (Å²) in [6, 6.07) is 12.6. The quantitative estimate of drug-likeness (QED) is 0.134. The molecular weight excluding hydrogens is 587 g/mol. The van der Waals surface area contributed by atoms with Gasteiger partial charge in [-0.15, -0.1) is 0 Å². The van der Waals surface area contributed by atoms with E-state index in [0.29, 0.717) is 18.7 Å². The van der Waals surface area contributed by atoms with Crippen molar-refractivity contribution in [2.75, 3.05) is 11.9 Å². The fraction of sp³-hybridized carbons (Fsp3) is 0.515. The minimum Gasteiger partial charge on any atom is -1.00 e. The number of nitrogens with one attached hydrogen (secondary N) is 1. The Morgan fingerprint density at radius 3 is 2.20 bits per heavy atom. The lowest BCUT2D eigenvalue weighted by Gasteiger charge is -2.11. The molecule has 0 bridgehead atoms. The van der Waals surface area contributed by atoms with Gasteiger partial charge in [-0.3, -0.25) is 4.79 Å². The lowest BCUT2D eigenvalue weighted by molar-refractivity contribution is -0.683. The van der Waals surface area contributed by atoms with Gasteiger partial charge in [0.2, 0.25) is 11.4 Å². The van der Waals surface area contributed by atoms with Crippen LogP contribution in [0, 0.1) is 12.7 Å². The van der Waals surface area contributed by atoms with Gasteiger partial charge in [-0.05, 0) is 37.1 Å². The number of nitrogens with zero attached hydrogens (tertiary/aromatic N) is 1. The third-order valence-electron chi connectivity index (χ3n) is 6.98. The number of hydrogen-bond donors (Lipinski definition) is 1. The molecule has 1 amide bonds. The monoisotopic (exact) mass is 632 g/mol. The van der Waals surface area contributed by atoms with E-state index >= 15 is 0 Å². The summed E-state index contributed by atoms with van der Waals surface area (Å²) < 4.78 is 22.4. The summed E-state index contributed by atoms with van der Waals surface area (Å²) >= 11 is 1.69. The Morgan fingerprint density at radius 1 is 0.925 bits per heavy atom. The number of anilines is 1. The molecule has 0 spiro atoms. The van der Waals surface area contributed by atoms with Gasteiger partial charge in [0, 0.05) is 5.56 Å². The summed E-state index contributed by atoms with van der Waals surface area (Å²) in [5.41, 5.74) is 4.50. The highest BCUT2D eigenvalue weighted by molar-refractivity contribution is 7.09. The minimum absolute atomic E-state index is 0. The second kappa shape index (κ2) is 19.8. The summed E-state index contributed by atoms with van der Waals surface area (Å²) in [6.45, 7) is 5.53. The molecule has 7 heteroatoms. The molecule has 0 fully saturated rings. The molecule has 3 rings (SSSR count). The maximum atomic E-state index is 14.6. The van der Waals surface area contributed by atoms with Crippen molar-refractivity contribution in [1.29, 1.82) is 0 Å². The molecule has 220 valence electrons. The van der Waals surface area contributed by atoms with Crippen molar-refractivity contribution in [2.45, 2.75) is 104 Å². The number of aromatic nitrogens is 1. The first-order valence-corrected chi connectivity index (χ1v) is 15.7. The van der Waals surface area contributed by atoms with E-state index in [1.165, 1.54) is 75.2 Å². The Labute approximate surface area is 255 Å². The van der Waals surface area contributed by atoms with Gasteiger partial charge in [0.25, 0.3) is 0 Å². The summed E-state index contributed by atoms with van der Waals surface area (Å²) in [5.74, 6) is -0.321. The molecule has 0 aliphatic carbocycles. The lowest BCUT2D eigenvalue weighted by atomic mass is 10.1. The minimum atomic E-state index is -0.413. The number of rotatable bonds is 19. The Bertz CT molecular complexity index is 1140. The molecule has 0 saturated heterocycles. The third kappa shape index (κ3) is 12.9. The molecule has 0 unspecified atom stereocenters. The van der Waals surface area contributed by atoms with Crippen molar-refractivity contribution in [1.82, 2.24) is 0 Å². The smallest absolute Gasteiger partial charge is 0.228 e. The highest BCUT2D eigenvalue weighted by Crippen LogP contribution is 2.21. The van der Waals surface area contributed by atoms with Crippen LogP contribution in [-0.4, -0.2) is 12.5 Å². The van der Waals surface area contributed by atoms with Crippen LogP contribution in [-0.2, 0) is 17.8 Å². The number of para-hydroxylation sites is 1. The number of ether oxygens (including phenoxy) is 1. The molecule has 0 radical (unpaired) electrons. The molecule has 1 aromatic heterocycles. The number of aryl methyl sites for hydroxylation is 1. The average molecular weight is 634 g/mol. The number of unbranched alkanes of at least 4 members (excludes halogenated alkanes) is 11. The van der Waals surface area contributed by atoms with E-state index in [2.05, 4.69) is 35.4 Å². The van der Waals surface area contributed by atoms with E-state index in [1.807, 2.05) is 24.3 Å². The number of thiazole rings is 1. The number of carbonyl (C=O) groups excluding carboxylic acids is 1. The number of halogens is 2.